The van der Waals surface area contributed by atoms with Gasteiger partial charge >= 0.3 is 0 Å². The van der Waals surface area contributed by atoms with Gasteiger partial charge in [-0.3, -0.25) is 24.7 Å². The first-order chi connectivity index (χ1) is 14.3. The van der Waals surface area contributed by atoms with Crippen LogP contribution in [0.2, 0.25) is 0 Å². The molecule has 0 bridgehead atoms. The molecule has 10 heteroatoms. The van der Waals surface area contributed by atoms with Crippen LogP contribution >= 0.6 is 12.2 Å². The Morgan fingerprint density at radius 3 is 2.37 bits per heavy atom. The summed E-state index contributed by atoms with van der Waals surface area (Å²) in [4.78, 5) is 38.7. The highest BCUT2D eigenvalue weighted by atomic mass is 32.1. The highest BCUT2D eigenvalue weighted by molar-refractivity contribution is 7.80. The van der Waals surface area contributed by atoms with Gasteiger partial charge in [0, 0.05) is 18.3 Å². The molecule has 0 spiro atoms. The fourth-order valence-electron chi connectivity index (χ4n) is 2.86. The monoisotopic (exact) mass is 430 g/mol. The van der Waals surface area contributed by atoms with Crippen LogP contribution in [0, 0.1) is 5.82 Å². The molecule has 0 aliphatic carbocycles. The Hall–Kier alpha value is -3.53. The van der Waals surface area contributed by atoms with E-state index in [1.807, 2.05) is 0 Å². The van der Waals surface area contributed by atoms with E-state index in [-0.39, 0.29) is 17.1 Å². The number of carbonyl (C=O) groups excluding carboxylic acids is 3. The van der Waals surface area contributed by atoms with Crippen LogP contribution in [0.5, 0.6) is 5.75 Å². The van der Waals surface area contributed by atoms with E-state index in [4.69, 9.17) is 17.0 Å². The minimum Gasteiger partial charge on any atom is -0.497 e. The Morgan fingerprint density at radius 2 is 1.77 bits per heavy atom. The summed E-state index contributed by atoms with van der Waals surface area (Å²) in [5.74, 6) is -1.28. The average Bonchev–Trinajstić information content (AvgIpc) is 2.93. The van der Waals surface area contributed by atoms with Gasteiger partial charge in [0.05, 0.1) is 13.5 Å². The number of anilines is 1. The van der Waals surface area contributed by atoms with Gasteiger partial charge in [-0.15, -0.1) is 0 Å². The molecule has 1 unspecified atom stereocenters. The lowest BCUT2D eigenvalue weighted by Crippen LogP contribution is -2.49. The molecule has 156 valence electrons. The van der Waals surface area contributed by atoms with Gasteiger partial charge in [0.25, 0.3) is 11.8 Å². The molecule has 30 heavy (non-hydrogen) atoms. The molecule has 1 atom stereocenters. The standard InChI is InChI=1S/C20H19FN4O4S/c1-24-19(28)16(11-17(26)22-14-7-9-15(29-2)10-8-14)25(20(24)30)23-18(27)12-3-5-13(21)6-4-12/h3-10,16H,11H2,1-2H3,(H,22,26)(H,23,27). The fourth-order valence-corrected chi connectivity index (χ4v) is 3.13. The fraction of sp³-hybridized carbons (Fsp3) is 0.200. The van der Waals surface area contributed by atoms with Crippen LogP contribution in [0.25, 0.3) is 0 Å². The Labute approximate surface area is 177 Å². The number of likely N-dealkylation sites (N-methyl/N-ethyl adjacent to an activating group) is 1. The van der Waals surface area contributed by atoms with E-state index < -0.39 is 29.6 Å². The summed E-state index contributed by atoms with van der Waals surface area (Å²) in [5.41, 5.74) is 3.25. The van der Waals surface area contributed by atoms with Crippen LogP contribution in [-0.4, -0.2) is 52.9 Å². The molecular formula is C20H19FN4O4S. The predicted molar refractivity (Wildman–Crippen MR) is 111 cm³/mol. The van der Waals surface area contributed by atoms with Gasteiger partial charge in [-0.25, -0.2) is 9.40 Å². The largest absolute Gasteiger partial charge is 0.497 e. The van der Waals surface area contributed by atoms with Crippen molar-refractivity contribution in [3.05, 3.63) is 59.9 Å². The van der Waals surface area contributed by atoms with Crippen molar-refractivity contribution >= 4 is 40.7 Å². The second-order valence-corrected chi connectivity index (χ2v) is 6.86. The number of nitrogens with zero attached hydrogens (tertiary/aromatic N) is 2. The third-order valence-corrected chi connectivity index (χ3v) is 4.97. The molecule has 8 nitrogen and oxygen atoms in total. The number of nitrogens with one attached hydrogen (secondary N) is 2. The molecule has 2 aromatic rings. The van der Waals surface area contributed by atoms with Crippen LogP contribution in [0.1, 0.15) is 16.8 Å². The maximum absolute atomic E-state index is 13.1. The Balaban J connectivity index is 1.70. The summed E-state index contributed by atoms with van der Waals surface area (Å²) in [6.45, 7) is 0. The maximum atomic E-state index is 13.1. The first-order valence-electron chi connectivity index (χ1n) is 8.91. The summed E-state index contributed by atoms with van der Waals surface area (Å²) in [6, 6.07) is 10.6. The molecule has 0 radical (unpaired) electrons. The smallest absolute Gasteiger partial charge is 0.269 e. The molecule has 1 fully saturated rings. The van der Waals surface area contributed by atoms with E-state index in [0.717, 1.165) is 12.1 Å². The number of carbonyl (C=O) groups is 3. The summed E-state index contributed by atoms with van der Waals surface area (Å²) >= 11 is 5.23. The summed E-state index contributed by atoms with van der Waals surface area (Å²) in [7, 11) is 3.00. The van der Waals surface area contributed by atoms with E-state index >= 15 is 0 Å². The highest BCUT2D eigenvalue weighted by Gasteiger charge is 2.42. The molecule has 1 saturated heterocycles. The molecule has 1 aliphatic rings. The summed E-state index contributed by atoms with van der Waals surface area (Å²) < 4.78 is 18.1. The first kappa shape index (κ1) is 21.2. The quantitative estimate of drug-likeness (QED) is 0.681. The van der Waals surface area contributed by atoms with Crippen molar-refractivity contribution in [2.24, 2.45) is 0 Å². The molecule has 3 rings (SSSR count). The van der Waals surface area contributed by atoms with Gasteiger partial charge in [0.15, 0.2) is 5.11 Å². The zero-order valence-electron chi connectivity index (χ0n) is 16.2. The average molecular weight is 430 g/mol. The lowest BCUT2D eigenvalue weighted by molar-refractivity contribution is -0.130. The van der Waals surface area contributed by atoms with Gasteiger partial charge in [0.1, 0.15) is 17.6 Å². The third-order valence-electron chi connectivity index (χ3n) is 4.50. The van der Waals surface area contributed by atoms with Crippen molar-refractivity contribution in [1.82, 2.24) is 15.3 Å². The number of halogens is 1. The number of amides is 3. The predicted octanol–water partition coefficient (Wildman–Crippen LogP) is 1.94. The van der Waals surface area contributed by atoms with E-state index in [1.165, 1.54) is 36.2 Å². The van der Waals surface area contributed by atoms with Gasteiger partial charge in [0.2, 0.25) is 5.91 Å². The number of ether oxygens (including phenoxy) is 1. The number of thiocarbonyl (C=S) groups is 1. The molecular weight excluding hydrogens is 411 g/mol. The lowest BCUT2D eigenvalue weighted by atomic mass is 10.2. The minimum atomic E-state index is -1.01. The van der Waals surface area contributed by atoms with Crippen LogP contribution in [-0.2, 0) is 9.59 Å². The van der Waals surface area contributed by atoms with E-state index in [2.05, 4.69) is 10.7 Å². The van der Waals surface area contributed by atoms with Crippen molar-refractivity contribution in [1.29, 1.82) is 0 Å². The number of hydrazine groups is 1. The molecule has 3 amide bonds. The number of hydrogen-bond acceptors (Lipinski definition) is 5. The Bertz CT molecular complexity index is 981. The molecule has 2 N–H and O–H groups in total. The number of rotatable bonds is 6. The summed E-state index contributed by atoms with van der Waals surface area (Å²) in [6.07, 6.45) is -0.237. The van der Waals surface area contributed by atoms with Crippen LogP contribution < -0.4 is 15.5 Å². The summed E-state index contributed by atoms with van der Waals surface area (Å²) in [5, 5.41) is 3.92. The van der Waals surface area contributed by atoms with Crippen molar-refractivity contribution in [2.75, 3.05) is 19.5 Å². The topological polar surface area (TPSA) is 91.0 Å². The van der Waals surface area contributed by atoms with Gasteiger partial charge in [-0.05, 0) is 60.7 Å². The first-order valence-corrected chi connectivity index (χ1v) is 9.32. The maximum Gasteiger partial charge on any atom is 0.269 e. The molecule has 1 heterocycles. The lowest BCUT2D eigenvalue weighted by Gasteiger charge is -2.24. The van der Waals surface area contributed by atoms with Crippen LogP contribution in [0.3, 0.4) is 0 Å². The van der Waals surface area contributed by atoms with Crippen molar-refractivity contribution in [3.8, 4) is 5.75 Å². The van der Waals surface area contributed by atoms with E-state index in [0.29, 0.717) is 11.4 Å². The van der Waals surface area contributed by atoms with Crippen LogP contribution in [0.4, 0.5) is 10.1 Å². The SMILES string of the molecule is COc1ccc(NC(=O)CC2C(=O)N(C)C(=S)N2NC(=O)c2ccc(F)cc2)cc1. The molecule has 0 aromatic heterocycles. The van der Waals surface area contributed by atoms with Crippen LogP contribution in [0.15, 0.2) is 48.5 Å². The third kappa shape index (κ3) is 4.54. The molecule has 2 aromatic carbocycles. The van der Waals surface area contributed by atoms with Crippen molar-refractivity contribution in [2.45, 2.75) is 12.5 Å². The van der Waals surface area contributed by atoms with Crippen molar-refractivity contribution < 1.29 is 23.5 Å². The molecule has 1 aliphatic heterocycles. The Kier molecular flexibility index (Phi) is 6.26. The second-order valence-electron chi connectivity index (χ2n) is 6.49. The van der Waals surface area contributed by atoms with Gasteiger partial charge in [-0.2, -0.15) is 0 Å². The minimum absolute atomic E-state index is 0.0534. The van der Waals surface area contributed by atoms with E-state index in [1.54, 1.807) is 24.3 Å². The van der Waals surface area contributed by atoms with Gasteiger partial charge in [-0.1, -0.05) is 0 Å². The second kappa shape index (κ2) is 8.87. The van der Waals surface area contributed by atoms with Crippen molar-refractivity contribution in [3.63, 3.8) is 0 Å². The van der Waals surface area contributed by atoms with E-state index in [9.17, 15) is 18.8 Å². The van der Waals surface area contributed by atoms with Gasteiger partial charge < -0.3 is 10.1 Å². The highest BCUT2D eigenvalue weighted by Crippen LogP contribution is 2.20. The zero-order chi connectivity index (χ0) is 21.8. The number of benzene rings is 2. The number of hydrogen-bond donors (Lipinski definition) is 2. The molecule has 0 saturated carbocycles. The normalized spacial score (nSPS) is 15.9. The zero-order valence-corrected chi connectivity index (χ0v) is 17.0. The number of methoxy groups -OCH3 is 1. The Morgan fingerprint density at radius 1 is 1.13 bits per heavy atom.